The summed E-state index contributed by atoms with van der Waals surface area (Å²) in [5.74, 6) is 0.894. The predicted octanol–water partition coefficient (Wildman–Crippen LogP) is 6.24. The molecule has 5 atom stereocenters. The largest absolute Gasteiger partial charge is 0.497 e. The Kier molecular flexibility index (Phi) is 6.57. The van der Waals surface area contributed by atoms with Crippen LogP contribution in [0.3, 0.4) is 0 Å². The molecule has 10 heteroatoms. The van der Waals surface area contributed by atoms with Crippen LogP contribution >= 0.6 is 0 Å². The average Bonchev–Trinajstić information content (AvgIpc) is 3.42. The van der Waals surface area contributed by atoms with E-state index in [1.54, 1.807) is 13.2 Å². The van der Waals surface area contributed by atoms with Crippen molar-refractivity contribution in [2.24, 2.45) is 10.8 Å². The third-order valence-electron chi connectivity index (χ3n) is 13.9. The Morgan fingerprint density at radius 1 is 0.959 bits per heavy atom. The second kappa shape index (κ2) is 10.6. The summed E-state index contributed by atoms with van der Waals surface area (Å²) in [6.07, 6.45) is 11.9. The fraction of sp³-hybridized carbons (Fsp3) is 0.590. The second-order valence-corrected chi connectivity index (χ2v) is 18.2. The minimum atomic E-state index is -3.73. The molecule has 2 aromatic carbocycles. The van der Waals surface area contributed by atoms with Gasteiger partial charge in [0.1, 0.15) is 5.75 Å². The molecule has 10 rings (SSSR count). The number of ether oxygens (including phenoxy) is 2. The van der Waals surface area contributed by atoms with Crippen molar-refractivity contribution in [2.45, 2.75) is 113 Å². The van der Waals surface area contributed by atoms with E-state index < -0.39 is 26.6 Å². The number of nitrogens with one attached hydrogen (secondary N) is 1. The molecule has 1 aromatic heterocycles. The molecule has 3 aromatic rings. The van der Waals surface area contributed by atoms with Gasteiger partial charge in [0.15, 0.2) is 0 Å². The van der Waals surface area contributed by atoms with Crippen molar-refractivity contribution in [2.75, 3.05) is 20.3 Å². The summed E-state index contributed by atoms with van der Waals surface area (Å²) in [7, 11) is -2.03. The molecule has 7 aliphatic rings. The summed E-state index contributed by atoms with van der Waals surface area (Å²) in [5, 5.41) is 0.603. The molecular weight excluding hydrogens is 639 g/mol. The average molecular weight is 684 g/mol. The van der Waals surface area contributed by atoms with Crippen LogP contribution in [0.2, 0.25) is 0 Å². The van der Waals surface area contributed by atoms with Crippen LogP contribution in [0.15, 0.2) is 36.4 Å². The highest BCUT2D eigenvalue weighted by Gasteiger charge is 2.72. The lowest BCUT2D eigenvalue weighted by atomic mass is 9.67. The highest BCUT2D eigenvalue weighted by atomic mass is 32.2. The number of carbonyl (C=O) groups is 2. The Bertz CT molecular complexity index is 2010. The minimum Gasteiger partial charge on any atom is -0.497 e. The number of likely N-dealkylation sites (tertiary alicyclic amines) is 1. The molecule has 4 heterocycles. The summed E-state index contributed by atoms with van der Waals surface area (Å²) in [6.45, 7) is 1.92. The smallest absolute Gasteiger partial charge is 0.264 e. The van der Waals surface area contributed by atoms with E-state index in [4.69, 9.17) is 9.47 Å². The van der Waals surface area contributed by atoms with Crippen LogP contribution in [0.1, 0.15) is 110 Å². The van der Waals surface area contributed by atoms with E-state index >= 15 is 4.79 Å². The quantitative estimate of drug-likeness (QED) is 0.330. The molecule has 2 amide bonds. The van der Waals surface area contributed by atoms with Crippen molar-refractivity contribution in [3.05, 3.63) is 53.1 Å². The van der Waals surface area contributed by atoms with Crippen molar-refractivity contribution in [1.82, 2.24) is 14.2 Å². The van der Waals surface area contributed by atoms with Gasteiger partial charge in [0.25, 0.3) is 5.91 Å². The highest BCUT2D eigenvalue weighted by Crippen LogP contribution is 2.69. The number of fused-ring (bicyclic) bond motifs is 7. The number of aromatic nitrogens is 1. The number of hydrogen-bond acceptors (Lipinski definition) is 6. The van der Waals surface area contributed by atoms with E-state index in [1.165, 1.54) is 30.4 Å². The van der Waals surface area contributed by atoms with E-state index in [0.717, 1.165) is 79.5 Å². The van der Waals surface area contributed by atoms with E-state index in [2.05, 4.69) is 26.3 Å². The van der Waals surface area contributed by atoms with Crippen molar-refractivity contribution >= 4 is 32.7 Å². The first-order valence-electron chi connectivity index (χ1n) is 18.6. The van der Waals surface area contributed by atoms with Gasteiger partial charge in [0, 0.05) is 45.9 Å². The fourth-order valence-corrected chi connectivity index (χ4v) is 12.6. The van der Waals surface area contributed by atoms with Crippen LogP contribution in [0.5, 0.6) is 5.75 Å². The number of hydrogen-bond donors (Lipinski definition) is 1. The zero-order chi connectivity index (χ0) is 33.3. The van der Waals surface area contributed by atoms with Crippen LogP contribution in [-0.2, 0) is 26.1 Å². The maximum absolute atomic E-state index is 15.1. The van der Waals surface area contributed by atoms with Gasteiger partial charge in [-0.1, -0.05) is 38.2 Å². The van der Waals surface area contributed by atoms with Gasteiger partial charge in [-0.2, -0.15) is 0 Å². The predicted molar refractivity (Wildman–Crippen MR) is 185 cm³/mol. The maximum atomic E-state index is 15.1. The summed E-state index contributed by atoms with van der Waals surface area (Å²) >= 11 is 0. The molecular formula is C39H45N3O6S. The van der Waals surface area contributed by atoms with Gasteiger partial charge < -0.3 is 18.9 Å². The summed E-state index contributed by atoms with van der Waals surface area (Å²) in [5.41, 5.74) is 5.56. The molecule has 1 N–H and O–H groups in total. The van der Waals surface area contributed by atoms with E-state index in [-0.39, 0.29) is 29.3 Å². The topological polar surface area (TPSA) is 107 Å². The SMILES string of the molecule is COc1ccc2c(c1)C1CC1(C(=O)N1C3CCCC34COCC14)Cn1c-2c(C2CCCCC2)c2ccc(C(=O)NS(=O)(=O)C3CCC3)cc21. The van der Waals surface area contributed by atoms with Gasteiger partial charge in [-0.25, -0.2) is 13.1 Å². The standard InChI is InChI=1S/C39H45N3O6S/c1-47-25-13-15-27-29(18-25)30-19-39(30,37(44)42-32-11-6-16-38(32)22-48-20-33(38)42)21-41-31-17-24(36(43)40-49(45,46)26-9-5-10-26)12-14-28(31)34(35(27)41)23-7-3-2-4-8-23/h12-15,17-18,23,26,30,32-33H,2-11,16,19-22H2,1H3,(H,40,43). The Labute approximate surface area is 287 Å². The van der Waals surface area contributed by atoms with E-state index in [0.29, 0.717) is 37.5 Å². The van der Waals surface area contributed by atoms with Crippen molar-refractivity contribution in [3.8, 4) is 17.0 Å². The zero-order valence-corrected chi connectivity index (χ0v) is 29.0. The lowest BCUT2D eigenvalue weighted by Crippen LogP contribution is -2.71. The monoisotopic (exact) mass is 683 g/mol. The molecule has 258 valence electrons. The van der Waals surface area contributed by atoms with Gasteiger partial charge >= 0.3 is 0 Å². The number of benzene rings is 2. The van der Waals surface area contributed by atoms with Gasteiger partial charge in [-0.05, 0) is 92.3 Å². The summed E-state index contributed by atoms with van der Waals surface area (Å²) < 4.78 is 42.5. The molecule has 1 spiro atoms. The molecule has 6 fully saturated rings. The first-order chi connectivity index (χ1) is 23.8. The van der Waals surface area contributed by atoms with Crippen molar-refractivity contribution in [3.63, 3.8) is 0 Å². The third kappa shape index (κ3) is 4.16. The molecule has 4 saturated carbocycles. The van der Waals surface area contributed by atoms with Crippen LogP contribution in [-0.4, -0.2) is 67.4 Å². The van der Waals surface area contributed by atoms with Gasteiger partial charge in [0.05, 0.1) is 42.7 Å². The van der Waals surface area contributed by atoms with Gasteiger partial charge in [-0.15, -0.1) is 0 Å². The van der Waals surface area contributed by atoms with Crippen LogP contribution in [0, 0.1) is 10.8 Å². The molecule has 3 aliphatic heterocycles. The Hall–Kier alpha value is -3.37. The molecule has 4 aliphatic carbocycles. The van der Waals surface area contributed by atoms with Gasteiger partial charge in [-0.3, -0.25) is 9.59 Å². The summed E-state index contributed by atoms with van der Waals surface area (Å²) in [4.78, 5) is 30.9. The van der Waals surface area contributed by atoms with Crippen LogP contribution in [0.25, 0.3) is 22.2 Å². The lowest BCUT2D eigenvalue weighted by Gasteiger charge is -2.58. The first-order valence-corrected chi connectivity index (χ1v) is 20.1. The zero-order valence-electron chi connectivity index (χ0n) is 28.2. The van der Waals surface area contributed by atoms with Crippen LogP contribution in [0.4, 0.5) is 0 Å². The number of nitrogens with zero attached hydrogens (tertiary/aromatic N) is 2. The number of amides is 2. The molecule has 9 nitrogen and oxygen atoms in total. The number of methoxy groups -OCH3 is 1. The molecule has 49 heavy (non-hydrogen) atoms. The number of carbonyl (C=O) groups excluding carboxylic acids is 2. The molecule has 0 radical (unpaired) electrons. The Morgan fingerprint density at radius 3 is 2.57 bits per heavy atom. The normalized spacial score (nSPS) is 31.8. The third-order valence-corrected chi connectivity index (χ3v) is 15.8. The second-order valence-electron chi connectivity index (χ2n) is 16.2. The van der Waals surface area contributed by atoms with E-state index in [1.807, 2.05) is 18.2 Å². The molecule has 5 unspecified atom stereocenters. The van der Waals surface area contributed by atoms with Crippen molar-refractivity contribution in [1.29, 1.82) is 0 Å². The lowest BCUT2D eigenvalue weighted by molar-refractivity contribution is -0.166. The van der Waals surface area contributed by atoms with Gasteiger partial charge in [0.2, 0.25) is 15.9 Å². The Balaban J connectivity index is 1.14. The number of rotatable bonds is 6. The Morgan fingerprint density at radius 2 is 1.80 bits per heavy atom. The molecule has 2 saturated heterocycles. The maximum Gasteiger partial charge on any atom is 0.264 e. The van der Waals surface area contributed by atoms with E-state index in [9.17, 15) is 13.2 Å². The van der Waals surface area contributed by atoms with Crippen molar-refractivity contribution < 1.29 is 27.5 Å². The number of sulfonamides is 1. The summed E-state index contributed by atoms with van der Waals surface area (Å²) in [6, 6.07) is 12.5. The minimum absolute atomic E-state index is 0.0667. The fourth-order valence-electron chi connectivity index (χ4n) is 11.1. The first kappa shape index (κ1) is 30.5. The highest BCUT2D eigenvalue weighted by molar-refractivity contribution is 7.90. The molecule has 0 bridgehead atoms. The van der Waals surface area contributed by atoms with Crippen LogP contribution < -0.4 is 9.46 Å².